The van der Waals surface area contributed by atoms with Crippen LogP contribution in [0, 0.1) is 29.6 Å². The third-order valence-electron chi connectivity index (χ3n) is 6.25. The zero-order valence-electron chi connectivity index (χ0n) is 15.8. The van der Waals surface area contributed by atoms with Crippen LogP contribution in [0.2, 0.25) is 0 Å². The fourth-order valence-electron chi connectivity index (χ4n) is 5.18. The Labute approximate surface area is 147 Å². The van der Waals surface area contributed by atoms with Crippen molar-refractivity contribution in [2.45, 2.75) is 46.5 Å². The van der Waals surface area contributed by atoms with E-state index in [1.807, 2.05) is 0 Å². The number of ether oxygens (including phenoxy) is 2. The van der Waals surface area contributed by atoms with E-state index in [-0.39, 0.29) is 0 Å². The zero-order valence-corrected chi connectivity index (χ0v) is 15.8. The lowest BCUT2D eigenvalue weighted by atomic mass is 9.86. The summed E-state index contributed by atoms with van der Waals surface area (Å²) in [4.78, 5) is 0. The zero-order chi connectivity index (χ0) is 17.3. The highest BCUT2D eigenvalue weighted by atomic mass is 16.5. The number of hydrogen-bond acceptors (Lipinski definition) is 2. The lowest BCUT2D eigenvalue weighted by Gasteiger charge is -2.20. The summed E-state index contributed by atoms with van der Waals surface area (Å²) in [7, 11) is 3.56. The molecule has 3 aliphatic carbocycles. The van der Waals surface area contributed by atoms with Gasteiger partial charge >= 0.3 is 0 Å². The average Bonchev–Trinajstić information content (AvgIpc) is 3.26. The number of methoxy groups -OCH3 is 2. The van der Waals surface area contributed by atoms with E-state index >= 15 is 0 Å². The van der Waals surface area contributed by atoms with Gasteiger partial charge in [-0.2, -0.15) is 0 Å². The molecule has 4 atom stereocenters. The minimum Gasteiger partial charge on any atom is -0.497 e. The highest BCUT2D eigenvalue weighted by Gasteiger charge is 2.50. The summed E-state index contributed by atoms with van der Waals surface area (Å²) in [6.45, 7) is 6.38. The number of hydrogen-bond donors (Lipinski definition) is 0. The predicted octanol–water partition coefficient (Wildman–Crippen LogP) is 5.64. The van der Waals surface area contributed by atoms with Crippen molar-refractivity contribution in [2.75, 3.05) is 14.2 Å². The van der Waals surface area contributed by atoms with Crippen LogP contribution in [0.15, 0.2) is 47.0 Å². The van der Waals surface area contributed by atoms with Crippen LogP contribution >= 0.6 is 0 Å². The van der Waals surface area contributed by atoms with Gasteiger partial charge in [0.2, 0.25) is 0 Å². The second-order valence-electron chi connectivity index (χ2n) is 7.79. The van der Waals surface area contributed by atoms with Crippen LogP contribution in [0.25, 0.3) is 0 Å². The molecule has 3 aliphatic rings. The van der Waals surface area contributed by atoms with Crippen molar-refractivity contribution < 1.29 is 9.47 Å². The van der Waals surface area contributed by atoms with E-state index in [1.54, 1.807) is 14.2 Å². The lowest BCUT2D eigenvalue weighted by Crippen LogP contribution is -2.12. The van der Waals surface area contributed by atoms with Gasteiger partial charge in [-0.3, -0.25) is 0 Å². The Kier molecular flexibility index (Phi) is 5.22. The van der Waals surface area contributed by atoms with Crippen molar-refractivity contribution >= 4 is 0 Å². The van der Waals surface area contributed by atoms with E-state index in [9.17, 15) is 0 Å². The highest BCUT2D eigenvalue weighted by molar-refractivity contribution is 5.37. The quantitative estimate of drug-likeness (QED) is 0.357. The fraction of sp³-hybridized carbons (Fsp3) is 0.636. The van der Waals surface area contributed by atoms with Crippen molar-refractivity contribution in [1.82, 2.24) is 0 Å². The third kappa shape index (κ3) is 3.08. The monoisotopic (exact) mass is 328 g/mol. The van der Waals surface area contributed by atoms with E-state index in [1.165, 1.54) is 30.4 Å². The van der Waals surface area contributed by atoms with Gasteiger partial charge in [-0.25, -0.2) is 0 Å². The maximum Gasteiger partial charge on any atom is 0.118 e. The summed E-state index contributed by atoms with van der Waals surface area (Å²) in [6, 6.07) is 0. The van der Waals surface area contributed by atoms with Gasteiger partial charge in [0.05, 0.1) is 14.2 Å². The van der Waals surface area contributed by atoms with E-state index in [0.717, 1.165) is 41.6 Å². The molecule has 0 heterocycles. The first-order valence-electron chi connectivity index (χ1n) is 9.44. The molecule has 0 saturated heterocycles. The maximum atomic E-state index is 5.78. The van der Waals surface area contributed by atoms with E-state index < -0.39 is 0 Å². The summed E-state index contributed by atoms with van der Waals surface area (Å²) < 4.78 is 11.4. The van der Waals surface area contributed by atoms with Crippen LogP contribution < -0.4 is 0 Å². The van der Waals surface area contributed by atoms with Crippen LogP contribution in [0.5, 0.6) is 0 Å². The Morgan fingerprint density at radius 1 is 1.00 bits per heavy atom. The summed E-state index contributed by atoms with van der Waals surface area (Å²) in [5.74, 6) is 6.03. The molecular weight excluding hydrogens is 296 g/mol. The first kappa shape index (κ1) is 17.4. The van der Waals surface area contributed by atoms with Gasteiger partial charge in [0.1, 0.15) is 11.5 Å². The normalized spacial score (nSPS) is 34.5. The molecule has 2 bridgehead atoms. The molecule has 0 aliphatic heterocycles. The number of allylic oxidation sites excluding steroid dienone is 6. The Morgan fingerprint density at radius 2 is 1.62 bits per heavy atom. The maximum absolute atomic E-state index is 5.78. The molecule has 4 unspecified atom stereocenters. The first-order valence-corrected chi connectivity index (χ1v) is 9.44. The van der Waals surface area contributed by atoms with Gasteiger partial charge in [0, 0.05) is 5.57 Å². The van der Waals surface area contributed by atoms with Crippen LogP contribution in [0.3, 0.4) is 0 Å². The molecule has 132 valence electrons. The van der Waals surface area contributed by atoms with Gasteiger partial charge in [0.15, 0.2) is 0 Å². The van der Waals surface area contributed by atoms with Crippen molar-refractivity contribution in [3.8, 4) is 0 Å². The van der Waals surface area contributed by atoms with Gasteiger partial charge in [-0.05, 0) is 86.8 Å². The second-order valence-corrected chi connectivity index (χ2v) is 7.79. The minimum atomic E-state index is 0.590. The van der Waals surface area contributed by atoms with Crippen molar-refractivity contribution in [2.24, 2.45) is 29.6 Å². The molecule has 0 aromatic rings. The van der Waals surface area contributed by atoms with Gasteiger partial charge in [0.25, 0.3) is 0 Å². The Bertz CT molecular complexity index is 569. The van der Waals surface area contributed by atoms with Crippen LogP contribution in [0.4, 0.5) is 0 Å². The summed E-state index contributed by atoms with van der Waals surface area (Å²) >= 11 is 0. The SMILES string of the molecule is CC/C=C(OC)\C(=C/C(OC)=C(C)C)C1CC2C3C=CC(C3)C2C1. The molecule has 0 spiro atoms. The van der Waals surface area contributed by atoms with Crippen molar-refractivity contribution in [3.05, 3.63) is 47.0 Å². The van der Waals surface area contributed by atoms with Crippen molar-refractivity contribution in [3.63, 3.8) is 0 Å². The van der Waals surface area contributed by atoms with Crippen LogP contribution in [-0.4, -0.2) is 14.2 Å². The highest BCUT2D eigenvalue weighted by Crippen LogP contribution is 2.58. The molecule has 0 amide bonds. The average molecular weight is 328 g/mol. The Hall–Kier alpha value is -1.44. The molecule has 0 aromatic heterocycles. The third-order valence-corrected chi connectivity index (χ3v) is 6.25. The van der Waals surface area contributed by atoms with Crippen molar-refractivity contribution in [1.29, 1.82) is 0 Å². The molecule has 2 saturated carbocycles. The number of rotatable bonds is 6. The van der Waals surface area contributed by atoms with E-state index in [0.29, 0.717) is 5.92 Å². The van der Waals surface area contributed by atoms with Crippen LogP contribution in [0.1, 0.15) is 46.5 Å². The molecule has 24 heavy (non-hydrogen) atoms. The smallest absolute Gasteiger partial charge is 0.118 e. The van der Waals surface area contributed by atoms with Gasteiger partial charge < -0.3 is 9.47 Å². The molecule has 0 radical (unpaired) electrons. The van der Waals surface area contributed by atoms with E-state index in [4.69, 9.17) is 9.47 Å². The predicted molar refractivity (Wildman–Crippen MR) is 99.3 cm³/mol. The topological polar surface area (TPSA) is 18.5 Å². The second kappa shape index (κ2) is 7.21. The Morgan fingerprint density at radius 3 is 2.08 bits per heavy atom. The molecule has 2 heteroatoms. The molecule has 2 nitrogen and oxygen atoms in total. The minimum absolute atomic E-state index is 0.590. The summed E-state index contributed by atoms with van der Waals surface area (Å²) in [5.41, 5.74) is 2.55. The van der Waals surface area contributed by atoms with Gasteiger partial charge in [-0.1, -0.05) is 19.1 Å². The fourth-order valence-corrected chi connectivity index (χ4v) is 5.18. The molecular formula is C22H32O2. The molecule has 3 rings (SSSR count). The lowest BCUT2D eigenvalue weighted by molar-refractivity contribution is 0.282. The van der Waals surface area contributed by atoms with Crippen LogP contribution in [-0.2, 0) is 9.47 Å². The summed E-state index contributed by atoms with van der Waals surface area (Å²) in [6.07, 6.45) is 14.4. The summed E-state index contributed by atoms with van der Waals surface area (Å²) in [5, 5.41) is 0. The largest absolute Gasteiger partial charge is 0.497 e. The molecule has 0 N–H and O–H groups in total. The van der Waals surface area contributed by atoms with E-state index in [2.05, 4.69) is 45.1 Å². The van der Waals surface area contributed by atoms with Gasteiger partial charge in [-0.15, -0.1) is 0 Å². The molecule has 2 fully saturated rings. The first-order chi connectivity index (χ1) is 11.6. The molecule has 0 aromatic carbocycles. The number of fused-ring (bicyclic) bond motifs is 5. The Balaban J connectivity index is 1.90. The standard InChI is InChI=1S/C22H32O2/c1-6-7-21(23-4)20(13-22(24-5)14(2)3)17-11-18-15-8-9-16(10-15)19(18)12-17/h7-9,13,15-19H,6,10-12H2,1-5H3/b20-13-,21-7+.